The van der Waals surface area contributed by atoms with Gasteiger partial charge in [-0.2, -0.15) is 0 Å². The average Bonchev–Trinajstić information content (AvgIpc) is 2.75. The summed E-state index contributed by atoms with van der Waals surface area (Å²) < 4.78 is 5.08. The van der Waals surface area contributed by atoms with E-state index in [0.29, 0.717) is 29.2 Å². The number of hydrogen-bond acceptors (Lipinski definition) is 5. The summed E-state index contributed by atoms with van der Waals surface area (Å²) in [5.41, 5.74) is 3.05. The molecule has 1 aromatic heterocycles. The minimum absolute atomic E-state index is 0.125. The van der Waals surface area contributed by atoms with Gasteiger partial charge in [0.2, 0.25) is 0 Å². The van der Waals surface area contributed by atoms with Crippen LogP contribution in [0.3, 0.4) is 0 Å². The molecule has 2 aromatic carbocycles. The molecule has 2 N–H and O–H groups in total. The zero-order valence-corrected chi connectivity index (χ0v) is 16.4. The van der Waals surface area contributed by atoms with Gasteiger partial charge in [0.05, 0.1) is 35.8 Å². The van der Waals surface area contributed by atoms with Gasteiger partial charge in [-0.1, -0.05) is 42.5 Å². The van der Waals surface area contributed by atoms with Crippen LogP contribution < -0.4 is 10.6 Å². The van der Waals surface area contributed by atoms with Crippen molar-refractivity contribution >= 4 is 23.3 Å². The fourth-order valence-corrected chi connectivity index (χ4v) is 2.83. The number of nitrogens with one attached hydrogen (secondary N) is 2. The lowest BCUT2D eigenvalue weighted by molar-refractivity contribution is 0.0527. The second kappa shape index (κ2) is 9.50. The molecule has 148 valence electrons. The van der Waals surface area contributed by atoms with Crippen molar-refractivity contribution in [3.63, 3.8) is 0 Å². The fraction of sp³-hybridized carbons (Fsp3) is 0.174. The highest BCUT2D eigenvalue weighted by atomic mass is 16.5. The molecule has 1 heterocycles. The molecule has 0 saturated heterocycles. The summed E-state index contributed by atoms with van der Waals surface area (Å²) in [6.07, 6.45) is 1.56. The second-order valence-electron chi connectivity index (χ2n) is 6.43. The number of ether oxygens (including phenoxy) is 1. The first kappa shape index (κ1) is 20.1. The molecule has 29 heavy (non-hydrogen) atoms. The van der Waals surface area contributed by atoms with Crippen molar-refractivity contribution in [2.24, 2.45) is 0 Å². The first-order chi connectivity index (χ1) is 14.1. The highest BCUT2D eigenvalue weighted by Gasteiger charge is 2.14. The maximum Gasteiger partial charge on any atom is 0.340 e. The summed E-state index contributed by atoms with van der Waals surface area (Å²) in [5.74, 6) is -0.644. The topological polar surface area (TPSA) is 80.3 Å². The van der Waals surface area contributed by atoms with Gasteiger partial charge in [0.1, 0.15) is 5.69 Å². The summed E-state index contributed by atoms with van der Waals surface area (Å²) in [7, 11) is 0. The Hall–Kier alpha value is -3.67. The molecule has 0 bridgehead atoms. The van der Waals surface area contributed by atoms with Crippen LogP contribution >= 0.6 is 0 Å². The number of carbonyl (C=O) groups excluding carboxylic acids is 2. The van der Waals surface area contributed by atoms with E-state index in [2.05, 4.69) is 15.6 Å². The Morgan fingerprint density at radius 2 is 1.72 bits per heavy atom. The van der Waals surface area contributed by atoms with Gasteiger partial charge in [0, 0.05) is 0 Å². The van der Waals surface area contributed by atoms with Crippen molar-refractivity contribution in [3.05, 3.63) is 89.7 Å². The van der Waals surface area contributed by atoms with Crippen LogP contribution in [-0.2, 0) is 4.74 Å². The number of aromatic nitrogens is 1. The van der Waals surface area contributed by atoms with E-state index < -0.39 is 5.97 Å². The van der Waals surface area contributed by atoms with Crippen molar-refractivity contribution in [2.45, 2.75) is 19.9 Å². The molecule has 0 aliphatic carbocycles. The molecule has 1 amide bonds. The van der Waals surface area contributed by atoms with E-state index in [9.17, 15) is 9.59 Å². The normalized spacial score (nSPS) is 11.4. The van der Waals surface area contributed by atoms with Gasteiger partial charge in [-0.3, -0.25) is 4.79 Å². The van der Waals surface area contributed by atoms with Crippen LogP contribution in [0.1, 0.15) is 46.3 Å². The number of nitrogens with zero attached hydrogens (tertiary/aromatic N) is 1. The summed E-state index contributed by atoms with van der Waals surface area (Å²) in [6, 6.07) is 20.1. The third-order valence-corrected chi connectivity index (χ3v) is 4.34. The lowest BCUT2D eigenvalue weighted by Crippen LogP contribution is -2.27. The molecule has 6 heteroatoms. The van der Waals surface area contributed by atoms with E-state index in [1.165, 1.54) is 0 Å². The van der Waals surface area contributed by atoms with Crippen molar-refractivity contribution in [1.82, 2.24) is 10.3 Å². The lowest BCUT2D eigenvalue weighted by atomic mass is 10.1. The summed E-state index contributed by atoms with van der Waals surface area (Å²) in [5, 5.41) is 6.09. The van der Waals surface area contributed by atoms with E-state index in [0.717, 1.165) is 5.56 Å². The van der Waals surface area contributed by atoms with Gasteiger partial charge in [-0.25, -0.2) is 9.78 Å². The van der Waals surface area contributed by atoms with Gasteiger partial charge in [0.25, 0.3) is 5.91 Å². The Labute approximate surface area is 169 Å². The molecule has 6 nitrogen and oxygen atoms in total. The maximum atomic E-state index is 12.5. The number of hydrogen-bond donors (Lipinski definition) is 2. The molecule has 0 saturated carbocycles. The highest BCUT2D eigenvalue weighted by Crippen LogP contribution is 2.21. The monoisotopic (exact) mass is 389 g/mol. The molecule has 1 unspecified atom stereocenters. The Morgan fingerprint density at radius 1 is 1.00 bits per heavy atom. The van der Waals surface area contributed by atoms with Crippen LogP contribution in [-0.4, -0.2) is 23.5 Å². The van der Waals surface area contributed by atoms with Gasteiger partial charge >= 0.3 is 5.97 Å². The van der Waals surface area contributed by atoms with Crippen LogP contribution in [0.4, 0.5) is 11.4 Å². The standard InChI is InChI=1S/C23H23N3O3/c1-3-29-23(28)19-11-7-8-12-20(19)26-18-13-14-21(24-15-18)22(27)25-16(2)17-9-5-4-6-10-17/h4-16,26H,3H2,1-2H3,(H,25,27). The summed E-state index contributed by atoms with van der Waals surface area (Å²) >= 11 is 0. The Balaban J connectivity index is 1.68. The third kappa shape index (κ3) is 5.19. The number of esters is 1. The molecular formula is C23H23N3O3. The van der Waals surface area contributed by atoms with E-state index in [4.69, 9.17) is 4.74 Å². The SMILES string of the molecule is CCOC(=O)c1ccccc1Nc1ccc(C(=O)NC(C)c2ccccc2)nc1. The van der Waals surface area contributed by atoms with Gasteiger partial charge in [0.15, 0.2) is 0 Å². The number of rotatable bonds is 7. The second-order valence-corrected chi connectivity index (χ2v) is 6.43. The van der Waals surface area contributed by atoms with Crippen molar-refractivity contribution in [2.75, 3.05) is 11.9 Å². The number of benzene rings is 2. The number of para-hydroxylation sites is 1. The smallest absolute Gasteiger partial charge is 0.340 e. The molecule has 3 rings (SSSR count). The number of anilines is 2. The zero-order chi connectivity index (χ0) is 20.6. The highest BCUT2D eigenvalue weighted by molar-refractivity contribution is 5.96. The molecule has 0 aliphatic heterocycles. The van der Waals surface area contributed by atoms with E-state index in [-0.39, 0.29) is 11.9 Å². The van der Waals surface area contributed by atoms with Crippen LogP contribution in [0, 0.1) is 0 Å². The number of carbonyl (C=O) groups is 2. The summed E-state index contributed by atoms with van der Waals surface area (Å²) in [6.45, 7) is 4.00. The average molecular weight is 389 g/mol. The zero-order valence-electron chi connectivity index (χ0n) is 16.4. The Kier molecular flexibility index (Phi) is 6.58. The maximum absolute atomic E-state index is 12.5. The fourth-order valence-electron chi connectivity index (χ4n) is 2.83. The van der Waals surface area contributed by atoms with E-state index >= 15 is 0 Å². The number of amides is 1. The predicted octanol–water partition coefficient (Wildman–Crippen LogP) is 4.49. The molecule has 0 spiro atoms. The lowest BCUT2D eigenvalue weighted by Gasteiger charge is -2.14. The third-order valence-electron chi connectivity index (χ3n) is 4.34. The first-order valence-electron chi connectivity index (χ1n) is 9.43. The van der Waals surface area contributed by atoms with Gasteiger partial charge in [-0.15, -0.1) is 0 Å². The van der Waals surface area contributed by atoms with Crippen LogP contribution in [0.25, 0.3) is 0 Å². The van der Waals surface area contributed by atoms with Crippen molar-refractivity contribution in [3.8, 4) is 0 Å². The van der Waals surface area contributed by atoms with Crippen LogP contribution in [0.15, 0.2) is 72.9 Å². The molecule has 3 aromatic rings. The molecule has 0 radical (unpaired) electrons. The Bertz CT molecular complexity index is 972. The Morgan fingerprint density at radius 3 is 2.41 bits per heavy atom. The van der Waals surface area contributed by atoms with Crippen molar-refractivity contribution < 1.29 is 14.3 Å². The minimum Gasteiger partial charge on any atom is -0.462 e. The van der Waals surface area contributed by atoms with Gasteiger partial charge in [-0.05, 0) is 43.7 Å². The number of pyridine rings is 1. The van der Waals surface area contributed by atoms with Crippen LogP contribution in [0.5, 0.6) is 0 Å². The molecular weight excluding hydrogens is 366 g/mol. The van der Waals surface area contributed by atoms with Gasteiger partial charge < -0.3 is 15.4 Å². The molecule has 0 aliphatic rings. The van der Waals surface area contributed by atoms with E-state index in [1.54, 1.807) is 43.5 Å². The first-order valence-corrected chi connectivity index (χ1v) is 9.43. The molecule has 1 atom stereocenters. The quantitative estimate of drug-likeness (QED) is 0.582. The predicted molar refractivity (Wildman–Crippen MR) is 112 cm³/mol. The van der Waals surface area contributed by atoms with Crippen LogP contribution in [0.2, 0.25) is 0 Å². The summed E-state index contributed by atoms with van der Waals surface area (Å²) in [4.78, 5) is 28.8. The van der Waals surface area contributed by atoms with E-state index in [1.807, 2.05) is 43.3 Å². The molecule has 0 fully saturated rings. The minimum atomic E-state index is -0.394. The largest absolute Gasteiger partial charge is 0.462 e. The van der Waals surface area contributed by atoms with Crippen molar-refractivity contribution in [1.29, 1.82) is 0 Å².